The van der Waals surface area contributed by atoms with Crippen LogP contribution in [0.15, 0.2) is 35.2 Å². The van der Waals surface area contributed by atoms with Crippen molar-refractivity contribution >= 4 is 11.6 Å². The maximum atomic E-state index is 6.04. The lowest BCUT2D eigenvalue weighted by Crippen LogP contribution is -2.44. The van der Waals surface area contributed by atoms with Gasteiger partial charge in [0.25, 0.3) is 0 Å². The maximum absolute atomic E-state index is 6.04. The van der Waals surface area contributed by atoms with Crippen LogP contribution in [0.3, 0.4) is 0 Å². The third kappa shape index (κ3) is 4.44. The first-order valence-electron chi connectivity index (χ1n) is 5.79. The number of morpholine rings is 1. The minimum atomic E-state index is 0.195. The molecule has 0 amide bonds. The first-order chi connectivity index (χ1) is 7.90. The molecular formula is C13H21ClN2O. The molecule has 2 N–H and O–H groups in total. The molecule has 3 nitrogen and oxygen atoms in total. The van der Waals surface area contributed by atoms with Gasteiger partial charge in [0.15, 0.2) is 0 Å². The predicted molar refractivity (Wildman–Crippen MR) is 72.6 cm³/mol. The van der Waals surface area contributed by atoms with Crippen LogP contribution in [0.5, 0.6) is 0 Å². The van der Waals surface area contributed by atoms with Crippen molar-refractivity contribution in [3.63, 3.8) is 0 Å². The molecule has 1 rings (SSSR count). The lowest BCUT2D eigenvalue weighted by molar-refractivity contribution is -0.0568. The largest absolute Gasteiger partial charge is 0.402 e. The fraction of sp³-hybridized carbons (Fsp3) is 0.538. The molecule has 0 aromatic heterocycles. The molecule has 1 saturated heterocycles. The topological polar surface area (TPSA) is 38.5 Å². The highest BCUT2D eigenvalue weighted by atomic mass is 35.5. The van der Waals surface area contributed by atoms with Gasteiger partial charge in [-0.1, -0.05) is 18.2 Å². The van der Waals surface area contributed by atoms with E-state index in [0.29, 0.717) is 5.03 Å². The number of nitrogens with two attached hydrogens (primary N) is 1. The van der Waals surface area contributed by atoms with Crippen LogP contribution in [-0.2, 0) is 4.74 Å². The smallest absolute Gasteiger partial charge is 0.0726 e. The molecule has 2 unspecified atom stereocenters. The van der Waals surface area contributed by atoms with E-state index in [-0.39, 0.29) is 12.2 Å². The summed E-state index contributed by atoms with van der Waals surface area (Å²) in [6.07, 6.45) is 4.14. The van der Waals surface area contributed by atoms with Gasteiger partial charge in [0, 0.05) is 18.8 Å². The van der Waals surface area contributed by atoms with Crippen molar-refractivity contribution in [3.05, 3.63) is 35.2 Å². The Hall–Kier alpha value is -0.930. The highest BCUT2D eigenvalue weighted by Gasteiger charge is 2.24. The van der Waals surface area contributed by atoms with Crippen LogP contribution in [0.1, 0.15) is 20.8 Å². The Balaban J connectivity index is 2.87. The molecule has 0 radical (unpaired) electrons. The van der Waals surface area contributed by atoms with E-state index in [1.54, 1.807) is 0 Å². The van der Waals surface area contributed by atoms with E-state index >= 15 is 0 Å². The fourth-order valence-corrected chi connectivity index (χ4v) is 2.13. The molecular weight excluding hydrogens is 236 g/mol. The Labute approximate surface area is 109 Å². The number of rotatable bonds is 3. The number of nitrogens with zero attached hydrogens (tertiary/aromatic N) is 1. The number of halogens is 1. The van der Waals surface area contributed by atoms with Gasteiger partial charge in [-0.3, -0.25) is 0 Å². The molecule has 96 valence electrons. The summed E-state index contributed by atoms with van der Waals surface area (Å²) in [5, 5.41) is 0.531. The van der Waals surface area contributed by atoms with Crippen LogP contribution in [0.2, 0.25) is 0 Å². The summed E-state index contributed by atoms with van der Waals surface area (Å²) in [4.78, 5) is 2.19. The van der Waals surface area contributed by atoms with Crippen LogP contribution < -0.4 is 5.73 Å². The summed E-state index contributed by atoms with van der Waals surface area (Å²) in [5.41, 5.74) is 7.29. The Morgan fingerprint density at radius 2 is 1.88 bits per heavy atom. The van der Waals surface area contributed by atoms with Gasteiger partial charge >= 0.3 is 0 Å². The second-order valence-electron chi connectivity index (χ2n) is 4.53. The second kappa shape index (κ2) is 6.12. The van der Waals surface area contributed by atoms with Gasteiger partial charge in [-0.25, -0.2) is 0 Å². The molecule has 17 heavy (non-hydrogen) atoms. The van der Waals surface area contributed by atoms with Crippen molar-refractivity contribution in [2.75, 3.05) is 13.1 Å². The van der Waals surface area contributed by atoms with Crippen molar-refractivity contribution in [3.8, 4) is 0 Å². The summed E-state index contributed by atoms with van der Waals surface area (Å²) >= 11 is 6.04. The van der Waals surface area contributed by atoms with Crippen LogP contribution in [0.25, 0.3) is 0 Å². The Morgan fingerprint density at radius 3 is 2.29 bits per heavy atom. The van der Waals surface area contributed by atoms with E-state index in [9.17, 15) is 0 Å². The third-order valence-electron chi connectivity index (χ3n) is 2.54. The van der Waals surface area contributed by atoms with Gasteiger partial charge in [0.1, 0.15) is 0 Å². The van der Waals surface area contributed by atoms with Crippen molar-refractivity contribution < 1.29 is 4.74 Å². The Kier molecular flexibility index (Phi) is 5.09. The highest BCUT2D eigenvalue weighted by molar-refractivity contribution is 6.31. The number of hydrogen-bond acceptors (Lipinski definition) is 3. The van der Waals surface area contributed by atoms with Crippen molar-refractivity contribution in [1.29, 1.82) is 0 Å². The molecule has 0 aromatic carbocycles. The summed E-state index contributed by atoms with van der Waals surface area (Å²) in [6.45, 7) is 11.4. The second-order valence-corrected chi connectivity index (χ2v) is 4.99. The lowest BCUT2D eigenvalue weighted by Gasteiger charge is -2.37. The van der Waals surface area contributed by atoms with Gasteiger partial charge in [-0.15, -0.1) is 0 Å². The zero-order valence-electron chi connectivity index (χ0n) is 10.7. The standard InChI is InChI=1S/C13H21ClN2O/c1-9(15)5-6-13(12(4)14)16-7-10(2)17-11(3)8-16/h5-6,10-11H,4,7-8,15H2,1-3H3/b9-5+,13-6+. The average molecular weight is 257 g/mol. The van der Waals surface area contributed by atoms with E-state index in [4.69, 9.17) is 22.1 Å². The van der Waals surface area contributed by atoms with Gasteiger partial charge in [0.05, 0.1) is 22.9 Å². The van der Waals surface area contributed by atoms with E-state index in [2.05, 4.69) is 25.3 Å². The maximum Gasteiger partial charge on any atom is 0.0726 e. The quantitative estimate of drug-likeness (QED) is 0.789. The Morgan fingerprint density at radius 1 is 1.35 bits per heavy atom. The van der Waals surface area contributed by atoms with E-state index < -0.39 is 0 Å². The van der Waals surface area contributed by atoms with Crippen molar-refractivity contribution in [2.24, 2.45) is 5.73 Å². The summed E-state index contributed by atoms with van der Waals surface area (Å²) < 4.78 is 5.69. The van der Waals surface area contributed by atoms with Crippen LogP contribution in [0.4, 0.5) is 0 Å². The predicted octanol–water partition coefficient (Wildman–Crippen LogP) is 2.59. The van der Waals surface area contributed by atoms with Gasteiger partial charge in [-0.2, -0.15) is 0 Å². The van der Waals surface area contributed by atoms with Crippen LogP contribution >= 0.6 is 11.6 Å². The fourth-order valence-electron chi connectivity index (χ4n) is 1.95. The molecule has 1 aliphatic heterocycles. The van der Waals surface area contributed by atoms with Crippen molar-refractivity contribution in [2.45, 2.75) is 33.0 Å². The average Bonchev–Trinajstić information content (AvgIpc) is 2.14. The van der Waals surface area contributed by atoms with Gasteiger partial charge in [-0.05, 0) is 32.9 Å². The normalized spacial score (nSPS) is 27.2. The molecule has 0 bridgehead atoms. The molecule has 2 atom stereocenters. The SMILES string of the molecule is C=C(Cl)/C(=C\C=C(/C)N)N1CC(C)OC(C)C1. The number of ether oxygens (including phenoxy) is 1. The molecule has 0 aromatic rings. The number of hydrogen-bond donors (Lipinski definition) is 1. The molecule has 1 fully saturated rings. The van der Waals surface area contributed by atoms with Crippen LogP contribution in [0, 0.1) is 0 Å². The van der Waals surface area contributed by atoms with E-state index in [1.165, 1.54) is 0 Å². The summed E-state index contributed by atoms with van der Waals surface area (Å²) in [7, 11) is 0. The highest BCUT2D eigenvalue weighted by Crippen LogP contribution is 2.22. The molecule has 0 aliphatic carbocycles. The monoisotopic (exact) mass is 256 g/mol. The molecule has 1 heterocycles. The summed E-state index contributed by atoms with van der Waals surface area (Å²) in [5.74, 6) is 0. The van der Waals surface area contributed by atoms with E-state index in [1.807, 2.05) is 19.1 Å². The third-order valence-corrected chi connectivity index (χ3v) is 2.74. The molecule has 0 saturated carbocycles. The zero-order valence-corrected chi connectivity index (χ0v) is 11.5. The molecule has 4 heteroatoms. The van der Waals surface area contributed by atoms with E-state index in [0.717, 1.165) is 24.5 Å². The zero-order chi connectivity index (χ0) is 13.0. The van der Waals surface area contributed by atoms with Gasteiger partial charge in [0.2, 0.25) is 0 Å². The van der Waals surface area contributed by atoms with Crippen LogP contribution in [-0.4, -0.2) is 30.2 Å². The molecule has 0 spiro atoms. The molecule has 1 aliphatic rings. The first-order valence-corrected chi connectivity index (χ1v) is 6.17. The Bertz CT molecular complexity index is 335. The van der Waals surface area contributed by atoms with Crippen molar-refractivity contribution in [1.82, 2.24) is 4.90 Å². The number of allylic oxidation sites excluding steroid dienone is 4. The lowest BCUT2D eigenvalue weighted by atomic mass is 10.2. The minimum Gasteiger partial charge on any atom is -0.402 e. The first kappa shape index (κ1) is 14.1. The minimum absolute atomic E-state index is 0.195. The van der Waals surface area contributed by atoms with Gasteiger partial charge < -0.3 is 15.4 Å². The summed E-state index contributed by atoms with van der Waals surface area (Å²) in [6, 6.07) is 0.